The summed E-state index contributed by atoms with van der Waals surface area (Å²) >= 11 is 0. The molecule has 2 aromatic rings. The van der Waals surface area contributed by atoms with Gasteiger partial charge in [0.05, 0.1) is 5.56 Å². The van der Waals surface area contributed by atoms with Gasteiger partial charge in [-0.2, -0.15) is 0 Å². The number of carbonyl (C=O) groups is 1. The Kier molecular flexibility index (Phi) is 3.18. The van der Waals surface area contributed by atoms with Gasteiger partial charge in [0.15, 0.2) is 0 Å². The molecule has 0 unspecified atom stereocenters. The predicted molar refractivity (Wildman–Crippen MR) is 57.4 cm³/mol. The SMILES string of the molecule is O=C(NCc1ccncc1)c1cncnc1. The summed E-state index contributed by atoms with van der Waals surface area (Å²) in [4.78, 5) is 23.1. The zero-order valence-electron chi connectivity index (χ0n) is 8.50. The fourth-order valence-electron chi connectivity index (χ4n) is 1.20. The molecular formula is C11H10N4O. The lowest BCUT2D eigenvalue weighted by molar-refractivity contribution is 0.0950. The Balaban J connectivity index is 1.95. The molecule has 0 atom stereocenters. The number of aromatic nitrogens is 3. The van der Waals surface area contributed by atoms with Gasteiger partial charge in [0, 0.05) is 31.3 Å². The maximum atomic E-state index is 11.6. The monoisotopic (exact) mass is 214 g/mol. The van der Waals surface area contributed by atoms with Crippen molar-refractivity contribution in [3.05, 3.63) is 54.4 Å². The molecule has 0 aliphatic carbocycles. The summed E-state index contributed by atoms with van der Waals surface area (Å²) in [7, 11) is 0. The topological polar surface area (TPSA) is 67.8 Å². The molecule has 0 aromatic carbocycles. The number of amides is 1. The number of rotatable bonds is 3. The van der Waals surface area contributed by atoms with Gasteiger partial charge in [0.25, 0.3) is 5.91 Å². The Hall–Kier alpha value is -2.30. The van der Waals surface area contributed by atoms with Crippen molar-refractivity contribution >= 4 is 5.91 Å². The summed E-state index contributed by atoms with van der Waals surface area (Å²) in [5.74, 6) is -0.183. The van der Waals surface area contributed by atoms with E-state index in [2.05, 4.69) is 20.3 Å². The fourth-order valence-corrected chi connectivity index (χ4v) is 1.20. The highest BCUT2D eigenvalue weighted by Gasteiger charge is 2.04. The van der Waals surface area contributed by atoms with E-state index in [1.807, 2.05) is 12.1 Å². The highest BCUT2D eigenvalue weighted by atomic mass is 16.1. The van der Waals surface area contributed by atoms with Gasteiger partial charge in [-0.15, -0.1) is 0 Å². The Morgan fingerprint density at radius 1 is 1.12 bits per heavy atom. The van der Waals surface area contributed by atoms with Crippen LogP contribution in [0.25, 0.3) is 0 Å². The van der Waals surface area contributed by atoms with Gasteiger partial charge in [-0.05, 0) is 17.7 Å². The first-order valence-electron chi connectivity index (χ1n) is 4.78. The maximum Gasteiger partial charge on any atom is 0.254 e. The van der Waals surface area contributed by atoms with Gasteiger partial charge in [0.1, 0.15) is 6.33 Å². The first-order valence-corrected chi connectivity index (χ1v) is 4.78. The van der Waals surface area contributed by atoms with E-state index in [0.717, 1.165) is 5.56 Å². The van der Waals surface area contributed by atoms with Crippen molar-refractivity contribution in [1.82, 2.24) is 20.3 Å². The number of pyridine rings is 1. The number of nitrogens with one attached hydrogen (secondary N) is 1. The molecule has 2 rings (SSSR count). The molecule has 0 bridgehead atoms. The van der Waals surface area contributed by atoms with Crippen LogP contribution in [0.4, 0.5) is 0 Å². The van der Waals surface area contributed by atoms with E-state index >= 15 is 0 Å². The second kappa shape index (κ2) is 4.97. The molecular weight excluding hydrogens is 204 g/mol. The van der Waals surface area contributed by atoms with Gasteiger partial charge >= 0.3 is 0 Å². The summed E-state index contributed by atoms with van der Waals surface area (Å²) < 4.78 is 0. The minimum atomic E-state index is -0.183. The van der Waals surface area contributed by atoms with Crippen molar-refractivity contribution in [3.63, 3.8) is 0 Å². The number of carbonyl (C=O) groups excluding carboxylic acids is 1. The molecule has 1 N–H and O–H groups in total. The Morgan fingerprint density at radius 2 is 1.81 bits per heavy atom. The van der Waals surface area contributed by atoms with Crippen LogP contribution in [-0.4, -0.2) is 20.9 Å². The molecule has 0 aliphatic rings. The Bertz CT molecular complexity index is 458. The molecule has 0 radical (unpaired) electrons. The van der Waals surface area contributed by atoms with Crippen LogP contribution < -0.4 is 5.32 Å². The van der Waals surface area contributed by atoms with Crippen LogP contribution in [0.2, 0.25) is 0 Å². The lowest BCUT2D eigenvalue weighted by Crippen LogP contribution is -2.23. The molecule has 16 heavy (non-hydrogen) atoms. The largest absolute Gasteiger partial charge is 0.348 e. The highest BCUT2D eigenvalue weighted by Crippen LogP contribution is 1.97. The second-order valence-corrected chi connectivity index (χ2v) is 3.17. The molecule has 2 heterocycles. The molecule has 0 saturated carbocycles. The van der Waals surface area contributed by atoms with Crippen LogP contribution in [0.5, 0.6) is 0 Å². The quantitative estimate of drug-likeness (QED) is 0.820. The number of hydrogen-bond acceptors (Lipinski definition) is 4. The third-order valence-electron chi connectivity index (χ3n) is 2.03. The molecule has 5 nitrogen and oxygen atoms in total. The smallest absolute Gasteiger partial charge is 0.254 e. The zero-order chi connectivity index (χ0) is 11.2. The van der Waals surface area contributed by atoms with Crippen LogP contribution in [0, 0.1) is 0 Å². The maximum absolute atomic E-state index is 11.6. The molecule has 5 heteroatoms. The van der Waals surface area contributed by atoms with Gasteiger partial charge in [-0.25, -0.2) is 9.97 Å². The lowest BCUT2D eigenvalue weighted by Gasteiger charge is -2.03. The van der Waals surface area contributed by atoms with Gasteiger partial charge in [-0.3, -0.25) is 9.78 Å². The Morgan fingerprint density at radius 3 is 2.50 bits per heavy atom. The van der Waals surface area contributed by atoms with E-state index in [1.54, 1.807) is 12.4 Å². The van der Waals surface area contributed by atoms with Crippen molar-refractivity contribution in [2.75, 3.05) is 0 Å². The van der Waals surface area contributed by atoms with E-state index in [1.165, 1.54) is 18.7 Å². The highest BCUT2D eigenvalue weighted by molar-refractivity contribution is 5.93. The van der Waals surface area contributed by atoms with E-state index in [0.29, 0.717) is 12.1 Å². The molecule has 2 aromatic heterocycles. The van der Waals surface area contributed by atoms with Crippen molar-refractivity contribution in [2.24, 2.45) is 0 Å². The predicted octanol–water partition coefficient (Wildman–Crippen LogP) is 0.802. The van der Waals surface area contributed by atoms with Crippen LogP contribution in [0.1, 0.15) is 15.9 Å². The van der Waals surface area contributed by atoms with Crippen molar-refractivity contribution in [2.45, 2.75) is 6.54 Å². The van der Waals surface area contributed by atoms with Gasteiger partial charge in [0.2, 0.25) is 0 Å². The fraction of sp³-hybridized carbons (Fsp3) is 0.0909. The average molecular weight is 214 g/mol. The summed E-state index contributed by atoms with van der Waals surface area (Å²) in [6.07, 6.45) is 7.73. The normalized spacial score (nSPS) is 9.75. The van der Waals surface area contributed by atoms with Crippen LogP contribution in [-0.2, 0) is 6.54 Å². The molecule has 80 valence electrons. The number of nitrogens with zero attached hydrogens (tertiary/aromatic N) is 3. The third-order valence-corrected chi connectivity index (χ3v) is 2.03. The third kappa shape index (κ3) is 2.60. The van der Waals surface area contributed by atoms with Gasteiger partial charge in [-0.1, -0.05) is 0 Å². The van der Waals surface area contributed by atoms with E-state index in [-0.39, 0.29) is 5.91 Å². The Labute approximate surface area is 92.6 Å². The first kappa shape index (κ1) is 10.2. The standard InChI is InChI=1S/C11H10N4O/c16-11(10-6-13-8-14-7-10)15-5-9-1-3-12-4-2-9/h1-4,6-8H,5H2,(H,15,16). The van der Waals surface area contributed by atoms with Crippen molar-refractivity contribution in [3.8, 4) is 0 Å². The minimum Gasteiger partial charge on any atom is -0.348 e. The lowest BCUT2D eigenvalue weighted by atomic mass is 10.2. The molecule has 0 fully saturated rings. The van der Waals surface area contributed by atoms with Gasteiger partial charge < -0.3 is 5.32 Å². The van der Waals surface area contributed by atoms with Crippen molar-refractivity contribution in [1.29, 1.82) is 0 Å². The minimum absolute atomic E-state index is 0.183. The second-order valence-electron chi connectivity index (χ2n) is 3.17. The summed E-state index contributed by atoms with van der Waals surface area (Å²) in [6.45, 7) is 0.468. The van der Waals surface area contributed by atoms with Crippen LogP contribution >= 0.6 is 0 Å². The molecule has 0 aliphatic heterocycles. The van der Waals surface area contributed by atoms with Crippen LogP contribution in [0.3, 0.4) is 0 Å². The van der Waals surface area contributed by atoms with Crippen molar-refractivity contribution < 1.29 is 4.79 Å². The first-order chi connectivity index (χ1) is 7.86. The molecule has 0 spiro atoms. The van der Waals surface area contributed by atoms with E-state index in [4.69, 9.17) is 0 Å². The van der Waals surface area contributed by atoms with E-state index in [9.17, 15) is 4.79 Å². The molecule has 1 amide bonds. The summed E-state index contributed by atoms with van der Waals surface area (Å²) in [5.41, 5.74) is 1.46. The zero-order valence-corrected chi connectivity index (χ0v) is 8.50. The van der Waals surface area contributed by atoms with Crippen LogP contribution in [0.15, 0.2) is 43.2 Å². The summed E-state index contributed by atoms with van der Waals surface area (Å²) in [5, 5.41) is 2.77. The van der Waals surface area contributed by atoms with E-state index < -0.39 is 0 Å². The summed E-state index contributed by atoms with van der Waals surface area (Å²) in [6, 6.07) is 3.70. The number of hydrogen-bond donors (Lipinski definition) is 1. The molecule has 0 saturated heterocycles. The average Bonchev–Trinajstić information content (AvgIpc) is 2.38.